The summed E-state index contributed by atoms with van der Waals surface area (Å²) in [5, 5.41) is 0. The third-order valence-corrected chi connectivity index (χ3v) is 1.03. The second kappa shape index (κ2) is 1.93. The maximum atomic E-state index is 11.7. The van der Waals surface area contributed by atoms with Gasteiger partial charge in [0.2, 0.25) is 0 Å². The summed E-state index contributed by atoms with van der Waals surface area (Å²) < 4.78 is 35.2. The molecule has 0 aromatic carbocycles. The predicted molar refractivity (Wildman–Crippen MR) is 30.2 cm³/mol. The van der Waals surface area contributed by atoms with Crippen LogP contribution < -0.4 is 5.73 Å². The Morgan fingerprint density at radius 3 is 2.20 bits per heavy atom. The van der Waals surface area contributed by atoms with Gasteiger partial charge in [0.25, 0.3) is 0 Å². The Bertz CT molecular complexity index is 225. The highest BCUT2D eigenvalue weighted by Crippen LogP contribution is 2.29. The lowest BCUT2D eigenvalue weighted by atomic mass is 10.3. The number of nitrogen functional groups attached to an aromatic ring is 1. The number of halogens is 3. The molecule has 0 spiro atoms. The summed E-state index contributed by atoms with van der Waals surface area (Å²) in [7, 11) is 0. The molecular formula is C5H5F3N2. The first-order valence-corrected chi connectivity index (χ1v) is 2.51. The van der Waals surface area contributed by atoms with E-state index in [2.05, 4.69) is 4.98 Å². The fourth-order valence-electron chi connectivity index (χ4n) is 0.576. The van der Waals surface area contributed by atoms with Crippen LogP contribution in [-0.2, 0) is 6.18 Å². The van der Waals surface area contributed by atoms with Gasteiger partial charge in [0, 0.05) is 6.20 Å². The molecule has 0 atom stereocenters. The highest BCUT2D eigenvalue weighted by molar-refractivity contribution is 5.34. The summed E-state index contributed by atoms with van der Waals surface area (Å²) in [6.45, 7) is 0. The average Bonchev–Trinajstić information content (AvgIpc) is 2.11. The van der Waals surface area contributed by atoms with Crippen molar-refractivity contribution in [3.8, 4) is 0 Å². The van der Waals surface area contributed by atoms with Crippen molar-refractivity contribution < 1.29 is 13.2 Å². The van der Waals surface area contributed by atoms with Crippen molar-refractivity contribution in [2.75, 3.05) is 5.73 Å². The van der Waals surface area contributed by atoms with E-state index >= 15 is 0 Å². The van der Waals surface area contributed by atoms with Gasteiger partial charge in [-0.3, -0.25) is 0 Å². The summed E-state index contributed by atoms with van der Waals surface area (Å²) in [6.07, 6.45) is -3.47. The van der Waals surface area contributed by atoms with E-state index in [1.807, 2.05) is 0 Å². The first-order valence-electron chi connectivity index (χ1n) is 2.51. The maximum absolute atomic E-state index is 11.7. The molecule has 0 saturated heterocycles. The molecule has 5 heteroatoms. The van der Waals surface area contributed by atoms with Crippen LogP contribution in [0.1, 0.15) is 5.56 Å². The van der Waals surface area contributed by atoms with Gasteiger partial charge in [0.05, 0.1) is 5.56 Å². The Hall–Kier alpha value is -1.13. The van der Waals surface area contributed by atoms with E-state index in [1.54, 1.807) is 0 Å². The number of H-pyrrole nitrogens is 1. The Morgan fingerprint density at radius 1 is 1.40 bits per heavy atom. The van der Waals surface area contributed by atoms with Gasteiger partial charge in [-0.2, -0.15) is 13.2 Å². The summed E-state index contributed by atoms with van der Waals surface area (Å²) >= 11 is 0. The predicted octanol–water partition coefficient (Wildman–Crippen LogP) is 1.62. The van der Waals surface area contributed by atoms with Crippen LogP contribution in [0.25, 0.3) is 0 Å². The molecule has 1 heterocycles. The van der Waals surface area contributed by atoms with Gasteiger partial charge in [-0.05, 0) is 6.07 Å². The first-order chi connectivity index (χ1) is 4.50. The zero-order valence-corrected chi connectivity index (χ0v) is 4.87. The van der Waals surface area contributed by atoms with Gasteiger partial charge in [-0.1, -0.05) is 0 Å². The standard InChI is InChI=1S/C5H5F3N2/c6-5(7,8)3-1-4(9)10-2-3/h1-2,10H,9H2. The lowest BCUT2D eigenvalue weighted by Crippen LogP contribution is -2.02. The molecule has 1 aromatic rings. The number of nitrogens with one attached hydrogen (secondary N) is 1. The van der Waals surface area contributed by atoms with Gasteiger partial charge < -0.3 is 10.7 Å². The molecule has 1 rings (SSSR count). The third-order valence-electron chi connectivity index (χ3n) is 1.03. The number of aromatic nitrogens is 1. The Balaban J connectivity index is 2.96. The second-order valence-electron chi connectivity index (χ2n) is 1.84. The molecule has 2 nitrogen and oxygen atoms in total. The molecule has 0 aliphatic carbocycles. The van der Waals surface area contributed by atoms with Crippen LogP contribution in [-0.4, -0.2) is 4.98 Å². The number of hydrogen-bond donors (Lipinski definition) is 2. The van der Waals surface area contributed by atoms with Gasteiger partial charge in [0.1, 0.15) is 5.82 Å². The Labute approximate surface area is 54.8 Å². The molecule has 10 heavy (non-hydrogen) atoms. The molecule has 3 N–H and O–H groups in total. The van der Waals surface area contributed by atoms with Crippen LogP contribution in [0.5, 0.6) is 0 Å². The average molecular weight is 150 g/mol. The molecule has 56 valence electrons. The minimum Gasteiger partial charge on any atom is -0.385 e. The molecule has 0 bridgehead atoms. The van der Waals surface area contributed by atoms with E-state index in [4.69, 9.17) is 5.73 Å². The molecule has 0 saturated carbocycles. The smallest absolute Gasteiger partial charge is 0.385 e. The van der Waals surface area contributed by atoms with Crippen molar-refractivity contribution >= 4 is 5.82 Å². The van der Waals surface area contributed by atoms with E-state index in [9.17, 15) is 13.2 Å². The zero-order chi connectivity index (χ0) is 7.78. The zero-order valence-electron chi connectivity index (χ0n) is 4.87. The topological polar surface area (TPSA) is 41.8 Å². The third kappa shape index (κ3) is 1.23. The summed E-state index contributed by atoms with van der Waals surface area (Å²) in [4.78, 5) is 2.23. The number of aromatic amines is 1. The fourth-order valence-corrected chi connectivity index (χ4v) is 0.576. The normalized spacial score (nSPS) is 11.9. The van der Waals surface area contributed by atoms with E-state index < -0.39 is 11.7 Å². The van der Waals surface area contributed by atoms with Crippen molar-refractivity contribution in [1.29, 1.82) is 0 Å². The number of nitrogens with two attached hydrogens (primary N) is 1. The van der Waals surface area contributed by atoms with Gasteiger partial charge in [0.15, 0.2) is 0 Å². The van der Waals surface area contributed by atoms with Crippen LogP contribution in [0, 0.1) is 0 Å². The second-order valence-corrected chi connectivity index (χ2v) is 1.84. The van der Waals surface area contributed by atoms with Gasteiger partial charge >= 0.3 is 6.18 Å². The lowest BCUT2D eigenvalue weighted by molar-refractivity contribution is -0.137. The Morgan fingerprint density at radius 2 is 2.00 bits per heavy atom. The van der Waals surface area contributed by atoms with E-state index in [0.29, 0.717) is 0 Å². The minimum atomic E-state index is -4.30. The van der Waals surface area contributed by atoms with E-state index in [-0.39, 0.29) is 5.82 Å². The van der Waals surface area contributed by atoms with Crippen LogP contribution in [0.4, 0.5) is 19.0 Å². The number of rotatable bonds is 0. The van der Waals surface area contributed by atoms with Crippen molar-refractivity contribution in [2.45, 2.75) is 6.18 Å². The largest absolute Gasteiger partial charge is 0.417 e. The first kappa shape index (κ1) is 6.98. The molecule has 0 aliphatic rings. The van der Waals surface area contributed by atoms with E-state index in [1.165, 1.54) is 0 Å². The molecule has 0 unspecified atom stereocenters. The highest BCUT2D eigenvalue weighted by atomic mass is 19.4. The Kier molecular flexibility index (Phi) is 1.35. The monoisotopic (exact) mass is 150 g/mol. The van der Waals surface area contributed by atoms with Crippen LogP contribution >= 0.6 is 0 Å². The van der Waals surface area contributed by atoms with Crippen LogP contribution in [0.15, 0.2) is 12.3 Å². The summed E-state index contributed by atoms with van der Waals surface area (Å²) in [5.74, 6) is 0.0207. The summed E-state index contributed by atoms with van der Waals surface area (Å²) in [5.41, 5.74) is 4.27. The minimum absolute atomic E-state index is 0.0207. The van der Waals surface area contributed by atoms with Crippen LogP contribution in [0.3, 0.4) is 0 Å². The molecule has 0 fully saturated rings. The molecular weight excluding hydrogens is 145 g/mol. The van der Waals surface area contributed by atoms with Crippen molar-refractivity contribution in [1.82, 2.24) is 4.98 Å². The fraction of sp³-hybridized carbons (Fsp3) is 0.200. The van der Waals surface area contributed by atoms with Crippen molar-refractivity contribution in [3.63, 3.8) is 0 Å². The lowest BCUT2D eigenvalue weighted by Gasteiger charge is -1.99. The maximum Gasteiger partial charge on any atom is 0.417 e. The highest BCUT2D eigenvalue weighted by Gasteiger charge is 2.31. The number of alkyl halides is 3. The van der Waals surface area contributed by atoms with Crippen molar-refractivity contribution in [2.24, 2.45) is 0 Å². The molecule has 1 aromatic heterocycles. The number of anilines is 1. The molecule has 0 aliphatic heterocycles. The molecule has 0 radical (unpaired) electrons. The number of hydrogen-bond acceptors (Lipinski definition) is 1. The van der Waals surface area contributed by atoms with Crippen LogP contribution in [0.2, 0.25) is 0 Å². The summed E-state index contributed by atoms with van der Waals surface area (Å²) in [6, 6.07) is 0.847. The molecule has 0 amide bonds. The van der Waals surface area contributed by atoms with Gasteiger partial charge in [-0.15, -0.1) is 0 Å². The SMILES string of the molecule is Nc1cc(C(F)(F)F)c[nH]1. The van der Waals surface area contributed by atoms with Crippen molar-refractivity contribution in [3.05, 3.63) is 17.8 Å². The van der Waals surface area contributed by atoms with E-state index in [0.717, 1.165) is 12.3 Å². The van der Waals surface area contributed by atoms with Gasteiger partial charge in [-0.25, -0.2) is 0 Å². The quantitative estimate of drug-likeness (QED) is 0.579.